The molecule has 3 aromatic rings. The Bertz CT molecular complexity index is 800. The van der Waals surface area contributed by atoms with Crippen molar-refractivity contribution < 1.29 is 4.52 Å². The summed E-state index contributed by atoms with van der Waals surface area (Å²) >= 11 is 15.6. The van der Waals surface area contributed by atoms with E-state index in [1.807, 2.05) is 24.3 Å². The summed E-state index contributed by atoms with van der Waals surface area (Å²) < 4.78 is 6.12. The smallest absolute Gasteiger partial charge is 0.230 e. The molecule has 0 saturated heterocycles. The van der Waals surface area contributed by atoms with E-state index < -0.39 is 0 Å². The largest absolute Gasteiger partial charge is 0.367 e. The highest BCUT2D eigenvalue weighted by atomic mass is 79.9. The van der Waals surface area contributed by atoms with Crippen molar-refractivity contribution in [1.29, 1.82) is 0 Å². The molecule has 0 bridgehead atoms. The quantitative estimate of drug-likeness (QED) is 0.621. The van der Waals surface area contributed by atoms with Crippen molar-refractivity contribution in [2.45, 2.75) is 0 Å². The molecule has 2 aromatic carbocycles. The zero-order valence-electron chi connectivity index (χ0n) is 10.6. The molecule has 3 rings (SSSR count). The van der Waals surface area contributed by atoms with E-state index in [4.69, 9.17) is 33.5 Å². The Morgan fingerprint density at radius 2 is 1.76 bits per heavy atom. The molecule has 3 nitrogen and oxygen atoms in total. The molecule has 0 aliphatic heterocycles. The highest BCUT2D eigenvalue weighted by Gasteiger charge is 2.19. The fourth-order valence-corrected chi connectivity index (χ4v) is 2.83. The number of nitrogens with two attached hydrogens (primary N) is 1. The lowest BCUT2D eigenvalue weighted by Crippen LogP contribution is -1.88. The molecule has 0 spiro atoms. The van der Waals surface area contributed by atoms with Gasteiger partial charge in [0.1, 0.15) is 5.69 Å². The van der Waals surface area contributed by atoms with Gasteiger partial charge in [-0.1, -0.05) is 56.4 Å². The molecule has 0 amide bonds. The minimum Gasteiger partial charge on any atom is -0.367 e. The summed E-state index contributed by atoms with van der Waals surface area (Å²) in [6, 6.07) is 12.9. The summed E-state index contributed by atoms with van der Waals surface area (Å²) in [5.41, 5.74) is 8.85. The lowest BCUT2D eigenvalue weighted by atomic mass is 10.0. The maximum absolute atomic E-state index is 6.24. The Morgan fingerprint density at radius 1 is 1.05 bits per heavy atom. The van der Waals surface area contributed by atoms with Crippen LogP contribution in [0.1, 0.15) is 0 Å². The lowest BCUT2D eigenvalue weighted by Gasteiger charge is -2.05. The lowest BCUT2D eigenvalue weighted by molar-refractivity contribution is 0.439. The number of rotatable bonds is 2. The van der Waals surface area contributed by atoms with Crippen molar-refractivity contribution >= 4 is 45.0 Å². The molecular formula is C15H9BrCl2N2O. The number of hydrogen-bond acceptors (Lipinski definition) is 3. The molecule has 0 atom stereocenters. The standard InChI is InChI=1S/C15H9BrCl2N2O/c16-9-3-1-8(2-4-9)13-14(20-21-15(13)19)11-6-5-10(17)7-12(11)18/h1-7H,19H2. The van der Waals surface area contributed by atoms with Gasteiger partial charge in [-0.3, -0.25) is 0 Å². The van der Waals surface area contributed by atoms with Gasteiger partial charge in [0.15, 0.2) is 0 Å². The van der Waals surface area contributed by atoms with Gasteiger partial charge < -0.3 is 10.3 Å². The number of anilines is 1. The van der Waals surface area contributed by atoms with Gasteiger partial charge in [-0.15, -0.1) is 0 Å². The third kappa shape index (κ3) is 2.79. The van der Waals surface area contributed by atoms with Crippen molar-refractivity contribution in [3.05, 3.63) is 57.0 Å². The van der Waals surface area contributed by atoms with Crippen LogP contribution < -0.4 is 5.73 Å². The molecule has 0 radical (unpaired) electrons. The van der Waals surface area contributed by atoms with Crippen LogP contribution in [0.5, 0.6) is 0 Å². The number of hydrogen-bond donors (Lipinski definition) is 1. The van der Waals surface area contributed by atoms with E-state index in [0.29, 0.717) is 21.3 Å². The molecule has 106 valence electrons. The van der Waals surface area contributed by atoms with E-state index in [2.05, 4.69) is 21.1 Å². The summed E-state index contributed by atoms with van der Waals surface area (Å²) in [7, 11) is 0. The van der Waals surface area contributed by atoms with Crippen molar-refractivity contribution in [2.75, 3.05) is 5.73 Å². The zero-order chi connectivity index (χ0) is 15.0. The fraction of sp³-hybridized carbons (Fsp3) is 0. The maximum Gasteiger partial charge on any atom is 0.230 e. The normalized spacial score (nSPS) is 10.8. The van der Waals surface area contributed by atoms with Gasteiger partial charge in [-0.2, -0.15) is 0 Å². The predicted octanol–water partition coefficient (Wildman–Crippen LogP) is 5.66. The SMILES string of the molecule is Nc1onc(-c2ccc(Cl)cc2Cl)c1-c1ccc(Br)cc1. The Labute approximate surface area is 139 Å². The molecule has 0 aliphatic carbocycles. The van der Waals surface area contributed by atoms with E-state index in [0.717, 1.165) is 15.6 Å². The number of nitrogen functional groups attached to an aromatic ring is 1. The predicted molar refractivity (Wildman–Crippen MR) is 89.5 cm³/mol. The van der Waals surface area contributed by atoms with E-state index in [-0.39, 0.29) is 5.88 Å². The Hall–Kier alpha value is -1.49. The van der Waals surface area contributed by atoms with Gasteiger partial charge in [-0.05, 0) is 35.9 Å². The van der Waals surface area contributed by atoms with Gasteiger partial charge >= 0.3 is 0 Å². The van der Waals surface area contributed by atoms with Gasteiger partial charge in [0.05, 0.1) is 10.6 Å². The molecule has 0 aliphatic rings. The van der Waals surface area contributed by atoms with Crippen LogP contribution in [-0.2, 0) is 0 Å². The van der Waals surface area contributed by atoms with Gasteiger partial charge in [0, 0.05) is 15.1 Å². The van der Waals surface area contributed by atoms with Crippen LogP contribution in [0.25, 0.3) is 22.4 Å². The summed E-state index contributed by atoms with van der Waals surface area (Å²) in [4.78, 5) is 0. The average molecular weight is 384 g/mol. The fourth-order valence-electron chi connectivity index (χ4n) is 2.06. The second-order valence-corrected chi connectivity index (χ2v) is 6.16. The van der Waals surface area contributed by atoms with Crippen molar-refractivity contribution in [3.63, 3.8) is 0 Å². The Balaban J connectivity index is 2.19. The van der Waals surface area contributed by atoms with Gasteiger partial charge in [0.2, 0.25) is 5.88 Å². The van der Waals surface area contributed by atoms with E-state index in [1.54, 1.807) is 18.2 Å². The van der Waals surface area contributed by atoms with E-state index in [1.165, 1.54) is 0 Å². The van der Waals surface area contributed by atoms with Crippen LogP contribution in [0.4, 0.5) is 5.88 Å². The minimum absolute atomic E-state index is 0.248. The molecule has 0 unspecified atom stereocenters. The Morgan fingerprint density at radius 3 is 2.43 bits per heavy atom. The minimum atomic E-state index is 0.248. The first-order valence-corrected chi connectivity index (χ1v) is 7.57. The average Bonchev–Trinajstić information content (AvgIpc) is 2.82. The number of nitrogens with zero attached hydrogens (tertiary/aromatic N) is 1. The van der Waals surface area contributed by atoms with Gasteiger partial charge in [0.25, 0.3) is 0 Å². The Kier molecular flexibility index (Phi) is 3.93. The van der Waals surface area contributed by atoms with Gasteiger partial charge in [-0.25, -0.2) is 0 Å². The first-order valence-electron chi connectivity index (χ1n) is 6.03. The molecular weight excluding hydrogens is 375 g/mol. The summed E-state index contributed by atoms with van der Waals surface area (Å²) in [6.45, 7) is 0. The molecule has 1 heterocycles. The monoisotopic (exact) mass is 382 g/mol. The number of benzene rings is 2. The first kappa shape index (κ1) is 14.4. The molecule has 6 heteroatoms. The summed E-state index contributed by atoms with van der Waals surface area (Å²) in [5, 5.41) is 5.09. The summed E-state index contributed by atoms with van der Waals surface area (Å²) in [6.07, 6.45) is 0. The van der Waals surface area contributed by atoms with Crippen LogP contribution in [0.3, 0.4) is 0 Å². The van der Waals surface area contributed by atoms with Crippen LogP contribution in [0.2, 0.25) is 10.0 Å². The molecule has 1 aromatic heterocycles. The maximum atomic E-state index is 6.24. The van der Waals surface area contributed by atoms with Crippen LogP contribution in [-0.4, -0.2) is 5.16 Å². The second-order valence-electron chi connectivity index (χ2n) is 4.40. The third-order valence-electron chi connectivity index (χ3n) is 3.04. The number of aromatic nitrogens is 1. The topological polar surface area (TPSA) is 52.0 Å². The molecule has 0 saturated carbocycles. The van der Waals surface area contributed by atoms with Crippen LogP contribution in [0.15, 0.2) is 51.5 Å². The van der Waals surface area contributed by atoms with E-state index >= 15 is 0 Å². The third-order valence-corrected chi connectivity index (χ3v) is 4.11. The highest BCUT2D eigenvalue weighted by Crippen LogP contribution is 2.39. The van der Waals surface area contributed by atoms with Crippen molar-refractivity contribution in [2.24, 2.45) is 0 Å². The highest BCUT2D eigenvalue weighted by molar-refractivity contribution is 9.10. The number of halogens is 3. The van der Waals surface area contributed by atoms with Crippen molar-refractivity contribution in [1.82, 2.24) is 5.16 Å². The van der Waals surface area contributed by atoms with Crippen molar-refractivity contribution in [3.8, 4) is 22.4 Å². The first-order chi connectivity index (χ1) is 10.1. The van der Waals surface area contributed by atoms with E-state index in [9.17, 15) is 0 Å². The van der Waals surface area contributed by atoms with Crippen LogP contribution in [0, 0.1) is 0 Å². The van der Waals surface area contributed by atoms with Crippen LogP contribution >= 0.6 is 39.1 Å². The molecule has 21 heavy (non-hydrogen) atoms. The molecule has 0 fully saturated rings. The molecule has 2 N–H and O–H groups in total. The zero-order valence-corrected chi connectivity index (χ0v) is 13.7. The summed E-state index contributed by atoms with van der Waals surface area (Å²) in [5.74, 6) is 0.248. The second kappa shape index (κ2) is 5.72.